The van der Waals surface area contributed by atoms with Crippen molar-refractivity contribution in [2.45, 2.75) is 31.7 Å². The fourth-order valence-electron chi connectivity index (χ4n) is 2.86. The molecule has 2 aliphatic heterocycles. The van der Waals surface area contributed by atoms with E-state index in [9.17, 15) is 8.42 Å². The lowest BCUT2D eigenvalue weighted by atomic mass is 10.2. The predicted octanol–water partition coefficient (Wildman–Crippen LogP) is 4.22. The molecule has 2 aromatic carbocycles. The fraction of sp³-hybridized carbons (Fsp3) is 0.294. The summed E-state index contributed by atoms with van der Waals surface area (Å²) in [5, 5.41) is 3.35. The number of anilines is 1. The van der Waals surface area contributed by atoms with Gasteiger partial charge in [0.2, 0.25) is 0 Å². The Morgan fingerprint density at radius 3 is 2.81 bits per heavy atom. The molecule has 0 spiro atoms. The average molecular weight is 474 g/mol. The lowest BCUT2D eigenvalue weighted by molar-refractivity contribution is 0.145. The molecule has 0 aromatic heterocycles. The van der Waals surface area contributed by atoms with Gasteiger partial charge in [-0.15, -0.1) is 0 Å². The van der Waals surface area contributed by atoms with Crippen molar-refractivity contribution in [3.8, 4) is 0 Å². The lowest BCUT2D eigenvalue weighted by Crippen LogP contribution is -2.35. The van der Waals surface area contributed by atoms with Gasteiger partial charge in [-0.05, 0) is 46.3 Å². The van der Waals surface area contributed by atoms with Crippen molar-refractivity contribution < 1.29 is 17.3 Å². The van der Waals surface area contributed by atoms with E-state index in [0.29, 0.717) is 6.61 Å². The Labute approximate surface area is 169 Å². The molecule has 2 aliphatic rings. The summed E-state index contributed by atoms with van der Waals surface area (Å²) in [4.78, 5) is 4.82. The van der Waals surface area contributed by atoms with Crippen LogP contribution in [0.2, 0.25) is 0 Å². The van der Waals surface area contributed by atoms with E-state index in [0.717, 1.165) is 16.4 Å². The van der Waals surface area contributed by atoms with Crippen molar-refractivity contribution >= 4 is 55.3 Å². The first-order valence-electron chi connectivity index (χ1n) is 7.90. The molecule has 0 unspecified atom stereocenters. The van der Waals surface area contributed by atoms with Crippen LogP contribution in [0.15, 0.2) is 60.5 Å². The van der Waals surface area contributed by atoms with Crippen LogP contribution in [-0.2, 0) is 19.0 Å². The molecule has 1 saturated heterocycles. The number of hydrogen-bond donors (Lipinski definition) is 1. The van der Waals surface area contributed by atoms with Crippen LogP contribution in [0.3, 0.4) is 0 Å². The van der Waals surface area contributed by atoms with Gasteiger partial charge >= 0.3 is 0 Å². The molecule has 1 fully saturated rings. The van der Waals surface area contributed by atoms with E-state index in [2.05, 4.69) is 45.5 Å². The Balaban J connectivity index is 1.53. The van der Waals surface area contributed by atoms with Crippen molar-refractivity contribution in [3.63, 3.8) is 0 Å². The Morgan fingerprint density at radius 2 is 2.00 bits per heavy atom. The predicted molar refractivity (Wildman–Crippen MR) is 107 cm³/mol. The summed E-state index contributed by atoms with van der Waals surface area (Å²) in [7, 11) is -3.52. The van der Waals surface area contributed by atoms with Crippen molar-refractivity contribution in [1.29, 1.82) is 0 Å². The van der Waals surface area contributed by atoms with E-state index in [1.165, 1.54) is 19.6 Å². The second-order valence-electron chi connectivity index (χ2n) is 6.06. The molecule has 26 heavy (non-hydrogen) atoms. The van der Waals surface area contributed by atoms with Crippen LogP contribution in [0.5, 0.6) is 0 Å². The molecule has 2 atom stereocenters. The van der Waals surface area contributed by atoms with Crippen LogP contribution >= 0.6 is 39.5 Å². The van der Waals surface area contributed by atoms with E-state index in [-0.39, 0.29) is 12.6 Å². The summed E-state index contributed by atoms with van der Waals surface area (Å²) >= 11 is 7.09. The van der Waals surface area contributed by atoms with Crippen molar-refractivity contribution in [2.24, 2.45) is 0 Å². The number of nitrogens with one attached hydrogen (secondary N) is 1. The van der Waals surface area contributed by atoms with Gasteiger partial charge in [0.05, 0.1) is 25.5 Å². The first-order chi connectivity index (χ1) is 12.4. The van der Waals surface area contributed by atoms with Gasteiger partial charge in [-0.2, -0.15) is 8.42 Å². The van der Waals surface area contributed by atoms with Gasteiger partial charge in [-0.3, -0.25) is 4.18 Å². The summed E-state index contributed by atoms with van der Waals surface area (Å²) < 4.78 is 34.4. The Morgan fingerprint density at radius 1 is 1.15 bits per heavy atom. The number of halogens is 1. The largest absolute Gasteiger partial charge is 0.377 e. The third kappa shape index (κ3) is 4.07. The summed E-state index contributed by atoms with van der Waals surface area (Å²) in [6.07, 6.45) is 0.546. The fourth-order valence-corrected chi connectivity index (χ4v) is 6.53. The zero-order chi connectivity index (χ0) is 18.3. The highest BCUT2D eigenvalue weighted by Gasteiger charge is 2.32. The number of benzene rings is 2. The topological polar surface area (TPSA) is 64.6 Å². The number of fused-ring (bicyclic) bond motifs is 2. The maximum Gasteiger partial charge on any atom is 0.264 e. The highest BCUT2D eigenvalue weighted by Crippen LogP contribution is 2.51. The SMILES string of the molecule is CS(=O)(=O)O[C@H]1COC[C@@H]1Nc1ccc2c(c1)Sc1cccc(Br)c1S2. The smallest absolute Gasteiger partial charge is 0.264 e. The summed E-state index contributed by atoms with van der Waals surface area (Å²) in [5.74, 6) is 0. The van der Waals surface area contributed by atoms with Gasteiger partial charge < -0.3 is 10.1 Å². The Hall–Kier alpha value is -0.710. The maximum absolute atomic E-state index is 11.4. The van der Waals surface area contributed by atoms with Gasteiger partial charge in [0.15, 0.2) is 0 Å². The minimum atomic E-state index is -3.52. The molecule has 0 amide bonds. The molecule has 4 rings (SSSR count). The Bertz CT molecular complexity index is 951. The molecular weight excluding hydrogens is 458 g/mol. The van der Waals surface area contributed by atoms with Gasteiger partial charge in [-0.1, -0.05) is 29.6 Å². The van der Waals surface area contributed by atoms with Crippen LogP contribution in [0.1, 0.15) is 0 Å². The molecule has 0 saturated carbocycles. The quantitative estimate of drug-likeness (QED) is 0.568. The van der Waals surface area contributed by atoms with Gasteiger partial charge in [0.25, 0.3) is 10.1 Å². The molecule has 0 radical (unpaired) electrons. The molecule has 5 nitrogen and oxygen atoms in total. The van der Waals surface area contributed by atoms with Crippen LogP contribution in [0.25, 0.3) is 0 Å². The van der Waals surface area contributed by atoms with Crippen LogP contribution < -0.4 is 5.32 Å². The summed E-state index contributed by atoms with van der Waals surface area (Å²) in [6, 6.07) is 12.2. The second kappa shape index (κ2) is 7.37. The van der Waals surface area contributed by atoms with Crippen molar-refractivity contribution in [1.82, 2.24) is 0 Å². The first kappa shape index (κ1) is 18.6. The first-order valence-corrected chi connectivity index (χ1v) is 12.1. The molecule has 2 aromatic rings. The van der Waals surface area contributed by atoms with E-state index in [1.54, 1.807) is 23.5 Å². The van der Waals surface area contributed by atoms with E-state index >= 15 is 0 Å². The monoisotopic (exact) mass is 473 g/mol. The minimum absolute atomic E-state index is 0.203. The third-order valence-corrected chi connectivity index (χ3v) is 8.10. The zero-order valence-corrected chi connectivity index (χ0v) is 17.8. The minimum Gasteiger partial charge on any atom is -0.377 e. The number of ether oxygens (including phenoxy) is 1. The molecule has 2 heterocycles. The Kier molecular flexibility index (Phi) is 5.28. The molecular formula is C17H16BrNO4S3. The highest BCUT2D eigenvalue weighted by atomic mass is 79.9. The van der Waals surface area contributed by atoms with Crippen molar-refractivity contribution in [2.75, 3.05) is 24.8 Å². The third-order valence-electron chi connectivity index (χ3n) is 3.99. The summed E-state index contributed by atoms with van der Waals surface area (Å²) in [6.45, 7) is 0.677. The van der Waals surface area contributed by atoms with Crippen molar-refractivity contribution in [3.05, 3.63) is 40.9 Å². The van der Waals surface area contributed by atoms with E-state index in [1.807, 2.05) is 12.1 Å². The second-order valence-corrected chi connectivity index (χ2v) is 10.7. The maximum atomic E-state index is 11.4. The average Bonchev–Trinajstić information content (AvgIpc) is 2.98. The number of rotatable bonds is 4. The van der Waals surface area contributed by atoms with Gasteiger partial charge in [-0.25, -0.2) is 0 Å². The molecule has 0 aliphatic carbocycles. The molecule has 1 N–H and O–H groups in total. The summed E-state index contributed by atoms with van der Waals surface area (Å²) in [5.41, 5.74) is 0.924. The standard InChI is InChI=1S/C17H16BrNO4S3/c1-26(20,21)23-13-9-22-8-12(13)19-10-5-6-14-16(7-10)24-15-4-2-3-11(18)17(15)25-14/h2-7,12-13,19H,8-9H2,1H3/t12-,13-/m0/s1. The molecule has 9 heteroatoms. The number of hydrogen-bond acceptors (Lipinski definition) is 7. The highest BCUT2D eigenvalue weighted by molar-refractivity contribution is 9.10. The molecule has 0 bridgehead atoms. The normalized spacial score (nSPS) is 21.9. The van der Waals surface area contributed by atoms with Crippen LogP contribution in [0, 0.1) is 0 Å². The van der Waals surface area contributed by atoms with Gasteiger partial charge in [0.1, 0.15) is 6.10 Å². The van der Waals surface area contributed by atoms with Crippen LogP contribution in [-0.4, -0.2) is 40.0 Å². The van der Waals surface area contributed by atoms with Gasteiger partial charge in [0, 0.05) is 29.7 Å². The zero-order valence-electron chi connectivity index (χ0n) is 13.8. The lowest BCUT2D eigenvalue weighted by Gasteiger charge is -2.22. The van der Waals surface area contributed by atoms with E-state index < -0.39 is 16.2 Å². The molecule has 138 valence electrons. The van der Waals surface area contributed by atoms with E-state index in [4.69, 9.17) is 8.92 Å². The van der Waals surface area contributed by atoms with Crippen LogP contribution in [0.4, 0.5) is 5.69 Å².